The number of aromatic amines is 1. The highest BCUT2D eigenvalue weighted by Crippen LogP contribution is 2.27. The number of rotatable bonds is 2. The van der Waals surface area contributed by atoms with Crippen molar-refractivity contribution >= 4 is 22.9 Å². The fourth-order valence-electron chi connectivity index (χ4n) is 2.69. The minimum atomic E-state index is 0.0864. The largest absolute Gasteiger partial charge is 0.394 e. The first kappa shape index (κ1) is 12.2. The molecule has 0 amide bonds. The quantitative estimate of drug-likeness (QED) is 0.735. The average Bonchev–Trinajstić information content (AvgIpc) is 2.74. The summed E-state index contributed by atoms with van der Waals surface area (Å²) in [6, 6.07) is 0.0864. The number of nitrogens with two attached hydrogens (primary N) is 1. The molecule has 19 heavy (non-hydrogen) atoms. The van der Waals surface area contributed by atoms with Gasteiger partial charge in [-0.05, 0) is 12.8 Å². The molecule has 1 saturated heterocycles. The van der Waals surface area contributed by atoms with Crippen LogP contribution in [0.3, 0.4) is 0 Å². The van der Waals surface area contributed by atoms with Crippen LogP contribution in [0.2, 0.25) is 0 Å². The Balaban J connectivity index is 2.07. The summed E-state index contributed by atoms with van der Waals surface area (Å²) >= 11 is 0. The number of hydrogen-bond donors (Lipinski definition) is 3. The molecule has 3 rings (SSSR count). The first-order valence-electron chi connectivity index (χ1n) is 6.63. The van der Waals surface area contributed by atoms with Crippen molar-refractivity contribution in [1.29, 1.82) is 0 Å². The summed E-state index contributed by atoms with van der Waals surface area (Å²) in [4.78, 5) is 17.8. The number of nitrogens with zero attached hydrogens (tertiary/aromatic N) is 4. The zero-order chi connectivity index (χ0) is 13.2. The molecule has 1 fully saturated rings. The SMILES string of the molecule is Nc1nc(N2CCCCCC2CO)c2[nH]cnc2n1. The van der Waals surface area contributed by atoms with E-state index in [4.69, 9.17) is 5.73 Å². The van der Waals surface area contributed by atoms with Gasteiger partial charge in [-0.25, -0.2) is 4.98 Å². The number of hydrogen-bond acceptors (Lipinski definition) is 6. The smallest absolute Gasteiger partial charge is 0.224 e. The maximum absolute atomic E-state index is 9.60. The van der Waals surface area contributed by atoms with Crippen LogP contribution in [0.25, 0.3) is 11.2 Å². The lowest BCUT2D eigenvalue weighted by molar-refractivity contribution is 0.254. The predicted molar refractivity (Wildman–Crippen MR) is 72.8 cm³/mol. The van der Waals surface area contributed by atoms with Crippen LogP contribution in [0.15, 0.2) is 6.33 Å². The minimum Gasteiger partial charge on any atom is -0.394 e. The molecule has 0 aromatic carbocycles. The molecule has 3 heterocycles. The van der Waals surface area contributed by atoms with E-state index in [9.17, 15) is 5.11 Å². The standard InChI is InChI=1S/C12H18N6O/c13-12-16-10-9(14-7-15-10)11(17-12)18-5-3-1-2-4-8(18)6-19/h7-8,19H,1-6H2,(H3,13,14,15,16,17). The van der Waals surface area contributed by atoms with Crippen LogP contribution in [0.1, 0.15) is 25.7 Å². The Hall–Kier alpha value is -1.89. The molecule has 0 saturated carbocycles. The van der Waals surface area contributed by atoms with Crippen molar-refractivity contribution in [3.63, 3.8) is 0 Å². The van der Waals surface area contributed by atoms with Crippen molar-refractivity contribution in [2.24, 2.45) is 0 Å². The third-order valence-corrected chi connectivity index (χ3v) is 3.64. The third kappa shape index (κ3) is 2.21. The van der Waals surface area contributed by atoms with Crippen molar-refractivity contribution in [3.8, 4) is 0 Å². The van der Waals surface area contributed by atoms with E-state index in [1.54, 1.807) is 6.33 Å². The van der Waals surface area contributed by atoms with Gasteiger partial charge in [0.15, 0.2) is 11.5 Å². The van der Waals surface area contributed by atoms with Crippen LogP contribution >= 0.6 is 0 Å². The average molecular weight is 262 g/mol. The van der Waals surface area contributed by atoms with Gasteiger partial charge in [-0.2, -0.15) is 9.97 Å². The maximum atomic E-state index is 9.60. The zero-order valence-electron chi connectivity index (χ0n) is 10.7. The molecular weight excluding hydrogens is 244 g/mol. The molecule has 1 atom stereocenters. The van der Waals surface area contributed by atoms with E-state index in [0.29, 0.717) is 5.65 Å². The van der Waals surface area contributed by atoms with Gasteiger partial charge in [0.25, 0.3) is 0 Å². The molecule has 1 unspecified atom stereocenters. The van der Waals surface area contributed by atoms with E-state index < -0.39 is 0 Å². The minimum absolute atomic E-state index is 0.0864. The van der Waals surface area contributed by atoms with Gasteiger partial charge in [0.2, 0.25) is 5.95 Å². The molecule has 4 N–H and O–H groups in total. The molecule has 2 aromatic rings. The molecular formula is C12H18N6O. The summed E-state index contributed by atoms with van der Waals surface area (Å²) in [5.74, 6) is 0.969. The lowest BCUT2D eigenvalue weighted by Crippen LogP contribution is -2.38. The van der Waals surface area contributed by atoms with E-state index in [0.717, 1.165) is 37.1 Å². The van der Waals surface area contributed by atoms with Crippen LogP contribution in [0.5, 0.6) is 0 Å². The van der Waals surface area contributed by atoms with Crippen molar-refractivity contribution in [2.75, 3.05) is 23.8 Å². The van der Waals surface area contributed by atoms with Gasteiger partial charge in [-0.1, -0.05) is 12.8 Å². The number of imidazole rings is 1. The Morgan fingerprint density at radius 1 is 1.37 bits per heavy atom. The van der Waals surface area contributed by atoms with Crippen LogP contribution in [0.4, 0.5) is 11.8 Å². The second kappa shape index (κ2) is 5.00. The second-order valence-electron chi connectivity index (χ2n) is 4.89. The Morgan fingerprint density at radius 2 is 2.26 bits per heavy atom. The van der Waals surface area contributed by atoms with E-state index in [2.05, 4.69) is 24.8 Å². The summed E-state index contributed by atoms with van der Waals surface area (Å²) in [6.07, 6.45) is 5.97. The number of H-pyrrole nitrogens is 1. The van der Waals surface area contributed by atoms with Crippen molar-refractivity contribution < 1.29 is 5.11 Å². The Morgan fingerprint density at radius 3 is 3.11 bits per heavy atom. The summed E-state index contributed by atoms with van der Waals surface area (Å²) < 4.78 is 0. The number of aromatic nitrogens is 4. The van der Waals surface area contributed by atoms with Crippen LogP contribution in [0, 0.1) is 0 Å². The molecule has 0 bridgehead atoms. The van der Waals surface area contributed by atoms with Crippen LogP contribution < -0.4 is 10.6 Å². The number of fused-ring (bicyclic) bond motifs is 1. The van der Waals surface area contributed by atoms with Crippen LogP contribution in [-0.2, 0) is 0 Å². The molecule has 0 radical (unpaired) electrons. The molecule has 0 spiro atoms. The van der Waals surface area contributed by atoms with E-state index in [-0.39, 0.29) is 18.6 Å². The molecule has 0 aliphatic carbocycles. The van der Waals surface area contributed by atoms with Gasteiger partial charge in [-0.15, -0.1) is 0 Å². The highest BCUT2D eigenvalue weighted by molar-refractivity contribution is 5.84. The van der Waals surface area contributed by atoms with Crippen LogP contribution in [-0.4, -0.2) is 44.2 Å². The zero-order valence-corrected chi connectivity index (χ0v) is 10.7. The molecule has 1 aliphatic rings. The van der Waals surface area contributed by atoms with Gasteiger partial charge in [-0.3, -0.25) is 0 Å². The summed E-state index contributed by atoms with van der Waals surface area (Å²) in [5, 5.41) is 9.60. The monoisotopic (exact) mass is 262 g/mol. The molecule has 2 aromatic heterocycles. The van der Waals surface area contributed by atoms with Crippen molar-refractivity contribution in [1.82, 2.24) is 19.9 Å². The molecule has 7 heteroatoms. The van der Waals surface area contributed by atoms with E-state index in [1.165, 1.54) is 6.42 Å². The highest BCUT2D eigenvalue weighted by atomic mass is 16.3. The lowest BCUT2D eigenvalue weighted by atomic mass is 10.1. The number of aliphatic hydroxyl groups excluding tert-OH is 1. The number of anilines is 2. The molecule has 1 aliphatic heterocycles. The predicted octanol–water partition coefficient (Wildman–Crippen LogP) is 0.676. The Kier molecular flexibility index (Phi) is 3.20. The topological polar surface area (TPSA) is 104 Å². The van der Waals surface area contributed by atoms with E-state index in [1.807, 2.05) is 0 Å². The maximum Gasteiger partial charge on any atom is 0.224 e. The fraction of sp³-hybridized carbons (Fsp3) is 0.583. The normalized spacial score (nSPS) is 20.7. The summed E-state index contributed by atoms with van der Waals surface area (Å²) in [6.45, 7) is 0.995. The first-order valence-corrected chi connectivity index (χ1v) is 6.63. The molecule has 7 nitrogen and oxygen atoms in total. The van der Waals surface area contributed by atoms with Gasteiger partial charge in [0.1, 0.15) is 5.52 Å². The second-order valence-corrected chi connectivity index (χ2v) is 4.89. The van der Waals surface area contributed by atoms with Gasteiger partial charge >= 0.3 is 0 Å². The molecule has 102 valence electrons. The van der Waals surface area contributed by atoms with Crippen molar-refractivity contribution in [2.45, 2.75) is 31.7 Å². The summed E-state index contributed by atoms with van der Waals surface area (Å²) in [7, 11) is 0. The Labute approximate surface area is 110 Å². The lowest BCUT2D eigenvalue weighted by Gasteiger charge is -2.29. The first-order chi connectivity index (χ1) is 9.29. The Bertz CT molecular complexity index is 568. The fourth-order valence-corrected chi connectivity index (χ4v) is 2.69. The summed E-state index contributed by atoms with van der Waals surface area (Å²) in [5.41, 5.74) is 7.11. The number of nitrogens with one attached hydrogen (secondary N) is 1. The van der Waals surface area contributed by atoms with Gasteiger partial charge < -0.3 is 20.7 Å². The van der Waals surface area contributed by atoms with E-state index >= 15 is 0 Å². The number of aliphatic hydroxyl groups is 1. The van der Waals surface area contributed by atoms with Gasteiger partial charge in [0.05, 0.1) is 19.0 Å². The number of nitrogen functional groups attached to an aromatic ring is 1. The highest BCUT2D eigenvalue weighted by Gasteiger charge is 2.24. The third-order valence-electron chi connectivity index (χ3n) is 3.64. The van der Waals surface area contributed by atoms with Crippen molar-refractivity contribution in [3.05, 3.63) is 6.33 Å². The van der Waals surface area contributed by atoms with Gasteiger partial charge in [0, 0.05) is 6.54 Å².